The molecular weight excluding hydrogens is 368 g/mol. The van der Waals surface area contributed by atoms with Crippen LogP contribution in [-0.2, 0) is 4.74 Å². The molecule has 0 spiro atoms. The highest BCUT2D eigenvalue weighted by Crippen LogP contribution is 2.44. The Bertz CT molecular complexity index is 986. The van der Waals surface area contributed by atoms with Crippen molar-refractivity contribution in [1.29, 1.82) is 0 Å². The summed E-state index contributed by atoms with van der Waals surface area (Å²) in [7, 11) is 4.55. The van der Waals surface area contributed by atoms with Gasteiger partial charge in [-0.1, -0.05) is 48.5 Å². The van der Waals surface area contributed by atoms with Crippen LogP contribution in [0.5, 0.6) is 17.2 Å². The molecule has 0 amide bonds. The first-order valence-corrected chi connectivity index (χ1v) is 9.33. The number of methoxy groups -OCH3 is 3. The molecule has 1 aliphatic carbocycles. The number of carbonyl (C=O) groups excluding carboxylic acids is 1. The maximum atomic E-state index is 12.8. The van der Waals surface area contributed by atoms with Crippen molar-refractivity contribution >= 4 is 5.97 Å². The van der Waals surface area contributed by atoms with Crippen molar-refractivity contribution in [1.82, 2.24) is 0 Å². The first-order valence-electron chi connectivity index (χ1n) is 9.33. The number of carbonyl (C=O) groups is 1. The monoisotopic (exact) mass is 390 g/mol. The lowest BCUT2D eigenvalue weighted by Crippen LogP contribution is -2.13. The van der Waals surface area contributed by atoms with Crippen molar-refractivity contribution < 1.29 is 23.7 Å². The molecule has 0 N–H and O–H groups in total. The van der Waals surface area contributed by atoms with E-state index in [1.807, 2.05) is 24.3 Å². The van der Waals surface area contributed by atoms with Crippen LogP contribution in [0.3, 0.4) is 0 Å². The minimum absolute atomic E-state index is 0.00777. The van der Waals surface area contributed by atoms with E-state index in [4.69, 9.17) is 18.9 Å². The molecule has 1 aliphatic rings. The summed E-state index contributed by atoms with van der Waals surface area (Å²) in [5.74, 6) is 0.829. The molecule has 5 nitrogen and oxygen atoms in total. The summed E-state index contributed by atoms with van der Waals surface area (Å²) in [4.78, 5) is 12.8. The number of hydrogen-bond acceptors (Lipinski definition) is 5. The fraction of sp³-hybridized carbons (Fsp3) is 0.208. The van der Waals surface area contributed by atoms with Crippen LogP contribution in [0.4, 0.5) is 0 Å². The highest BCUT2D eigenvalue weighted by atomic mass is 16.5. The molecule has 0 aromatic heterocycles. The number of ether oxygens (including phenoxy) is 4. The van der Waals surface area contributed by atoms with Gasteiger partial charge in [0.15, 0.2) is 11.5 Å². The fourth-order valence-electron chi connectivity index (χ4n) is 3.88. The molecular formula is C24H22O5. The number of hydrogen-bond donors (Lipinski definition) is 0. The molecule has 0 radical (unpaired) electrons. The van der Waals surface area contributed by atoms with E-state index in [9.17, 15) is 4.79 Å². The SMILES string of the molecule is COc1cc(C(=O)OCC2c3ccccc3-c3ccccc32)cc(OC)c1OC. The second kappa shape index (κ2) is 7.87. The molecule has 0 bridgehead atoms. The van der Waals surface area contributed by atoms with Gasteiger partial charge in [-0.15, -0.1) is 0 Å². The van der Waals surface area contributed by atoms with E-state index in [-0.39, 0.29) is 12.5 Å². The summed E-state index contributed by atoms with van der Waals surface area (Å²) in [6.07, 6.45) is 0. The van der Waals surface area contributed by atoms with Gasteiger partial charge in [0.2, 0.25) is 5.75 Å². The first-order chi connectivity index (χ1) is 14.2. The minimum Gasteiger partial charge on any atom is -0.493 e. The summed E-state index contributed by atoms with van der Waals surface area (Å²) in [5, 5.41) is 0. The van der Waals surface area contributed by atoms with Gasteiger partial charge < -0.3 is 18.9 Å². The zero-order chi connectivity index (χ0) is 20.4. The lowest BCUT2D eigenvalue weighted by Gasteiger charge is -2.16. The molecule has 148 valence electrons. The third-order valence-corrected chi connectivity index (χ3v) is 5.24. The molecule has 3 aromatic rings. The average molecular weight is 390 g/mol. The Balaban J connectivity index is 1.59. The molecule has 0 heterocycles. The van der Waals surface area contributed by atoms with Gasteiger partial charge in [-0.05, 0) is 34.4 Å². The van der Waals surface area contributed by atoms with Gasteiger partial charge in [-0.3, -0.25) is 0 Å². The van der Waals surface area contributed by atoms with Crippen LogP contribution >= 0.6 is 0 Å². The van der Waals surface area contributed by atoms with Crippen LogP contribution in [0.1, 0.15) is 27.4 Å². The molecule has 29 heavy (non-hydrogen) atoms. The Labute approximate surface area is 169 Å². The van der Waals surface area contributed by atoms with Crippen molar-refractivity contribution in [3.05, 3.63) is 77.4 Å². The lowest BCUT2D eigenvalue weighted by atomic mass is 9.98. The molecule has 0 aliphatic heterocycles. The van der Waals surface area contributed by atoms with Crippen LogP contribution in [0, 0.1) is 0 Å². The molecule has 3 aromatic carbocycles. The van der Waals surface area contributed by atoms with Crippen molar-refractivity contribution in [3.8, 4) is 28.4 Å². The van der Waals surface area contributed by atoms with Gasteiger partial charge in [-0.25, -0.2) is 4.79 Å². The van der Waals surface area contributed by atoms with Crippen LogP contribution in [0.25, 0.3) is 11.1 Å². The van der Waals surface area contributed by atoms with Gasteiger partial charge in [0.1, 0.15) is 6.61 Å². The van der Waals surface area contributed by atoms with Crippen molar-refractivity contribution in [3.63, 3.8) is 0 Å². The van der Waals surface area contributed by atoms with Gasteiger partial charge in [0, 0.05) is 5.92 Å². The van der Waals surface area contributed by atoms with Crippen LogP contribution < -0.4 is 14.2 Å². The van der Waals surface area contributed by atoms with E-state index in [2.05, 4.69) is 24.3 Å². The van der Waals surface area contributed by atoms with Crippen molar-refractivity contribution in [2.45, 2.75) is 5.92 Å². The van der Waals surface area contributed by atoms with Gasteiger partial charge in [0.25, 0.3) is 0 Å². The molecule has 0 atom stereocenters. The van der Waals surface area contributed by atoms with E-state index in [1.165, 1.54) is 43.6 Å². The predicted octanol–water partition coefficient (Wildman–Crippen LogP) is 4.68. The second-order valence-corrected chi connectivity index (χ2v) is 6.74. The summed E-state index contributed by atoms with van der Waals surface area (Å²) in [6, 6.07) is 19.7. The Kier molecular flexibility index (Phi) is 5.12. The third kappa shape index (κ3) is 3.29. The third-order valence-electron chi connectivity index (χ3n) is 5.24. The summed E-state index contributed by atoms with van der Waals surface area (Å²) < 4.78 is 21.7. The first kappa shape index (κ1) is 18.9. The lowest BCUT2D eigenvalue weighted by molar-refractivity contribution is 0.0492. The number of esters is 1. The molecule has 0 saturated heterocycles. The molecule has 4 rings (SSSR count). The normalized spacial score (nSPS) is 12.1. The molecule has 0 unspecified atom stereocenters. The maximum absolute atomic E-state index is 12.8. The van der Waals surface area contributed by atoms with Crippen molar-refractivity contribution in [2.75, 3.05) is 27.9 Å². The maximum Gasteiger partial charge on any atom is 0.338 e. The minimum atomic E-state index is -0.439. The number of fused-ring (bicyclic) bond motifs is 3. The summed E-state index contributed by atoms with van der Waals surface area (Å²) in [5.41, 5.74) is 5.07. The quantitative estimate of drug-likeness (QED) is 0.572. The Morgan fingerprint density at radius 1 is 0.793 bits per heavy atom. The number of rotatable bonds is 6. The zero-order valence-corrected chi connectivity index (χ0v) is 16.6. The zero-order valence-electron chi connectivity index (χ0n) is 16.6. The van der Waals surface area contributed by atoms with E-state index in [0.29, 0.717) is 22.8 Å². The van der Waals surface area contributed by atoms with Crippen molar-refractivity contribution in [2.24, 2.45) is 0 Å². The predicted molar refractivity (Wildman–Crippen MR) is 110 cm³/mol. The van der Waals surface area contributed by atoms with E-state index in [0.717, 1.165) is 0 Å². The van der Waals surface area contributed by atoms with E-state index in [1.54, 1.807) is 12.1 Å². The van der Waals surface area contributed by atoms with Crippen LogP contribution in [-0.4, -0.2) is 33.9 Å². The van der Waals surface area contributed by atoms with Crippen LogP contribution in [0.2, 0.25) is 0 Å². The molecule has 5 heteroatoms. The summed E-state index contributed by atoms with van der Waals surface area (Å²) in [6.45, 7) is 0.253. The standard InChI is InChI=1S/C24H22O5/c1-26-21-12-15(13-22(27-2)23(21)28-3)24(25)29-14-20-18-10-6-4-8-16(18)17-9-5-7-11-19(17)20/h4-13,20H,14H2,1-3H3. The fourth-order valence-corrected chi connectivity index (χ4v) is 3.88. The van der Waals surface area contributed by atoms with Gasteiger partial charge in [-0.2, -0.15) is 0 Å². The van der Waals surface area contributed by atoms with E-state index < -0.39 is 5.97 Å². The largest absolute Gasteiger partial charge is 0.493 e. The average Bonchev–Trinajstić information content (AvgIpc) is 3.10. The van der Waals surface area contributed by atoms with Gasteiger partial charge in [0.05, 0.1) is 26.9 Å². The Hall–Kier alpha value is -3.47. The smallest absolute Gasteiger partial charge is 0.338 e. The Morgan fingerprint density at radius 3 is 1.79 bits per heavy atom. The van der Waals surface area contributed by atoms with Gasteiger partial charge >= 0.3 is 5.97 Å². The molecule has 0 saturated carbocycles. The number of benzene rings is 3. The van der Waals surface area contributed by atoms with Crippen LogP contribution in [0.15, 0.2) is 60.7 Å². The summed E-state index contributed by atoms with van der Waals surface area (Å²) >= 11 is 0. The van der Waals surface area contributed by atoms with E-state index >= 15 is 0 Å². The topological polar surface area (TPSA) is 54.0 Å². The highest BCUT2D eigenvalue weighted by molar-refractivity contribution is 5.91. The Morgan fingerprint density at radius 2 is 1.31 bits per heavy atom. The highest BCUT2D eigenvalue weighted by Gasteiger charge is 2.29. The molecule has 0 fully saturated rings. The second-order valence-electron chi connectivity index (χ2n) is 6.74.